The van der Waals surface area contributed by atoms with Crippen LogP contribution in [0.4, 0.5) is 0 Å². The molecule has 0 aliphatic heterocycles. The molecule has 1 atom stereocenters. The van der Waals surface area contributed by atoms with Gasteiger partial charge in [0, 0.05) is 27.1 Å². The van der Waals surface area contributed by atoms with E-state index in [0.717, 1.165) is 11.1 Å². The monoisotopic (exact) mass is 283 g/mol. The third-order valence-corrected chi connectivity index (χ3v) is 3.46. The fraction of sp³-hybridized carbons (Fsp3) is 0.278. The van der Waals surface area contributed by atoms with Crippen LogP contribution in [0.15, 0.2) is 60.7 Å². The summed E-state index contributed by atoms with van der Waals surface area (Å²) in [7, 11) is 3.40. The number of methoxy groups -OCH3 is 1. The van der Waals surface area contributed by atoms with Crippen LogP contribution in [-0.4, -0.2) is 31.1 Å². The molecule has 0 radical (unpaired) electrons. The number of hydrogen-bond acceptors (Lipinski definition) is 2. The van der Waals surface area contributed by atoms with Gasteiger partial charge in [0.15, 0.2) is 0 Å². The first-order chi connectivity index (χ1) is 10.2. The predicted octanol–water partition coefficient (Wildman–Crippen LogP) is 2.90. The fourth-order valence-corrected chi connectivity index (χ4v) is 2.28. The normalized spacial score (nSPS) is 11.9. The maximum atomic E-state index is 12.5. The molecule has 21 heavy (non-hydrogen) atoms. The summed E-state index contributed by atoms with van der Waals surface area (Å²) < 4.78 is 5.38. The molecule has 0 fully saturated rings. The van der Waals surface area contributed by atoms with Crippen molar-refractivity contribution in [3.63, 3.8) is 0 Å². The van der Waals surface area contributed by atoms with Gasteiger partial charge in [0.25, 0.3) is 5.91 Å². The van der Waals surface area contributed by atoms with Gasteiger partial charge in [-0.2, -0.15) is 0 Å². The van der Waals surface area contributed by atoms with Crippen molar-refractivity contribution in [1.29, 1.82) is 0 Å². The highest BCUT2D eigenvalue weighted by atomic mass is 16.5. The molecule has 2 rings (SSSR count). The van der Waals surface area contributed by atoms with Gasteiger partial charge in [-0.25, -0.2) is 0 Å². The number of likely N-dealkylation sites (N-methyl/N-ethyl adjacent to an activating group) is 1. The van der Waals surface area contributed by atoms with E-state index in [1.54, 1.807) is 12.0 Å². The van der Waals surface area contributed by atoms with E-state index in [2.05, 4.69) is 0 Å². The number of benzene rings is 2. The van der Waals surface area contributed by atoms with Gasteiger partial charge in [0.1, 0.15) is 6.10 Å². The Morgan fingerprint density at radius 1 is 1.00 bits per heavy atom. The molecule has 3 nitrogen and oxygen atoms in total. The Balaban J connectivity index is 1.99. The van der Waals surface area contributed by atoms with Gasteiger partial charge < -0.3 is 9.64 Å². The lowest BCUT2D eigenvalue weighted by atomic mass is 10.1. The standard InChI is InChI=1S/C18H21NO2/c1-19(14-16-11-7-4-8-12-16)18(20)17(21-2)13-15-9-5-3-6-10-15/h3-12,17H,13-14H2,1-2H3. The number of nitrogens with zero attached hydrogens (tertiary/aromatic N) is 1. The molecule has 110 valence electrons. The summed E-state index contributed by atoms with van der Waals surface area (Å²) in [5.41, 5.74) is 2.22. The first kappa shape index (κ1) is 15.3. The van der Waals surface area contributed by atoms with Gasteiger partial charge in [0.05, 0.1) is 0 Å². The lowest BCUT2D eigenvalue weighted by Crippen LogP contribution is -2.38. The highest BCUT2D eigenvalue weighted by Crippen LogP contribution is 2.10. The minimum absolute atomic E-state index is 0.00482. The first-order valence-electron chi connectivity index (χ1n) is 7.06. The molecule has 1 amide bonds. The van der Waals surface area contributed by atoms with Crippen molar-refractivity contribution in [2.45, 2.75) is 19.1 Å². The Bertz CT molecular complexity index is 554. The maximum Gasteiger partial charge on any atom is 0.252 e. The Kier molecular flexibility index (Phi) is 5.52. The quantitative estimate of drug-likeness (QED) is 0.816. The van der Waals surface area contributed by atoms with E-state index in [1.807, 2.05) is 67.7 Å². The Hall–Kier alpha value is -2.13. The van der Waals surface area contributed by atoms with Crippen molar-refractivity contribution in [3.05, 3.63) is 71.8 Å². The van der Waals surface area contributed by atoms with E-state index in [-0.39, 0.29) is 5.91 Å². The van der Waals surface area contributed by atoms with Crippen molar-refractivity contribution in [2.24, 2.45) is 0 Å². The van der Waals surface area contributed by atoms with Gasteiger partial charge in [-0.1, -0.05) is 60.7 Å². The Labute approximate surface area is 126 Å². The molecule has 0 aliphatic rings. The molecule has 2 aromatic rings. The molecule has 1 unspecified atom stereocenters. The predicted molar refractivity (Wildman–Crippen MR) is 83.9 cm³/mol. The number of carbonyl (C=O) groups is 1. The molecule has 2 aromatic carbocycles. The van der Waals surface area contributed by atoms with Crippen LogP contribution in [0.5, 0.6) is 0 Å². The number of amides is 1. The molecule has 0 saturated carbocycles. The summed E-state index contributed by atoms with van der Waals surface area (Å²) in [4.78, 5) is 14.2. The number of hydrogen-bond donors (Lipinski definition) is 0. The molecule has 0 heterocycles. The van der Waals surface area contributed by atoms with Crippen LogP contribution in [-0.2, 0) is 22.5 Å². The minimum Gasteiger partial charge on any atom is -0.371 e. The Morgan fingerprint density at radius 2 is 1.52 bits per heavy atom. The lowest BCUT2D eigenvalue weighted by Gasteiger charge is -2.23. The SMILES string of the molecule is COC(Cc1ccccc1)C(=O)N(C)Cc1ccccc1. The van der Waals surface area contributed by atoms with Crippen LogP contribution >= 0.6 is 0 Å². The van der Waals surface area contributed by atoms with E-state index < -0.39 is 6.10 Å². The van der Waals surface area contributed by atoms with Crippen molar-refractivity contribution in [1.82, 2.24) is 4.90 Å². The second-order valence-electron chi connectivity index (χ2n) is 5.09. The molecule has 3 heteroatoms. The third-order valence-electron chi connectivity index (χ3n) is 3.46. The molecule has 0 N–H and O–H groups in total. The van der Waals surface area contributed by atoms with E-state index in [4.69, 9.17) is 4.74 Å². The topological polar surface area (TPSA) is 29.5 Å². The maximum absolute atomic E-state index is 12.5. The third kappa shape index (κ3) is 4.43. The minimum atomic E-state index is -0.443. The first-order valence-corrected chi connectivity index (χ1v) is 7.06. The van der Waals surface area contributed by atoms with E-state index in [9.17, 15) is 4.79 Å². The van der Waals surface area contributed by atoms with Crippen molar-refractivity contribution in [3.8, 4) is 0 Å². The van der Waals surface area contributed by atoms with Crippen LogP contribution in [0.3, 0.4) is 0 Å². The molecule has 0 aliphatic carbocycles. The largest absolute Gasteiger partial charge is 0.371 e. The van der Waals surface area contributed by atoms with E-state index in [1.165, 1.54) is 0 Å². The smallest absolute Gasteiger partial charge is 0.252 e. The average molecular weight is 283 g/mol. The fourth-order valence-electron chi connectivity index (χ4n) is 2.28. The summed E-state index contributed by atoms with van der Waals surface area (Å²) in [5.74, 6) is 0.00482. The number of ether oxygens (including phenoxy) is 1. The summed E-state index contributed by atoms with van der Waals surface area (Å²) >= 11 is 0. The number of carbonyl (C=O) groups excluding carboxylic acids is 1. The molecule has 0 aromatic heterocycles. The second-order valence-corrected chi connectivity index (χ2v) is 5.09. The van der Waals surface area contributed by atoms with Crippen LogP contribution < -0.4 is 0 Å². The van der Waals surface area contributed by atoms with Gasteiger partial charge in [-0.3, -0.25) is 4.79 Å². The number of rotatable bonds is 6. The van der Waals surface area contributed by atoms with Gasteiger partial charge in [-0.15, -0.1) is 0 Å². The highest BCUT2D eigenvalue weighted by Gasteiger charge is 2.22. The van der Waals surface area contributed by atoms with E-state index >= 15 is 0 Å². The van der Waals surface area contributed by atoms with Gasteiger partial charge >= 0.3 is 0 Å². The van der Waals surface area contributed by atoms with Crippen molar-refractivity contribution in [2.75, 3.05) is 14.2 Å². The highest BCUT2D eigenvalue weighted by molar-refractivity contribution is 5.81. The molecule has 0 bridgehead atoms. The summed E-state index contributed by atoms with van der Waals surface area (Å²) in [6.45, 7) is 0.592. The summed E-state index contributed by atoms with van der Waals surface area (Å²) in [5, 5.41) is 0. The average Bonchev–Trinajstić information content (AvgIpc) is 2.54. The zero-order valence-corrected chi connectivity index (χ0v) is 12.5. The lowest BCUT2D eigenvalue weighted by molar-refractivity contribution is -0.141. The van der Waals surface area contributed by atoms with Crippen LogP contribution in [0, 0.1) is 0 Å². The van der Waals surface area contributed by atoms with Crippen LogP contribution in [0.25, 0.3) is 0 Å². The van der Waals surface area contributed by atoms with E-state index in [0.29, 0.717) is 13.0 Å². The van der Waals surface area contributed by atoms with Crippen LogP contribution in [0.2, 0.25) is 0 Å². The molecular weight excluding hydrogens is 262 g/mol. The summed E-state index contributed by atoms with van der Waals surface area (Å²) in [6, 6.07) is 19.9. The van der Waals surface area contributed by atoms with Crippen molar-refractivity contribution >= 4 is 5.91 Å². The zero-order valence-electron chi connectivity index (χ0n) is 12.5. The summed E-state index contributed by atoms with van der Waals surface area (Å²) in [6.07, 6.45) is 0.149. The Morgan fingerprint density at radius 3 is 2.05 bits per heavy atom. The van der Waals surface area contributed by atoms with Crippen LogP contribution in [0.1, 0.15) is 11.1 Å². The molecule has 0 spiro atoms. The zero-order chi connectivity index (χ0) is 15.1. The second kappa shape index (κ2) is 7.60. The molecule has 0 saturated heterocycles. The van der Waals surface area contributed by atoms with Gasteiger partial charge in [0.2, 0.25) is 0 Å². The van der Waals surface area contributed by atoms with Gasteiger partial charge in [-0.05, 0) is 11.1 Å². The van der Waals surface area contributed by atoms with Crippen molar-refractivity contribution < 1.29 is 9.53 Å². The molecular formula is C18H21NO2.